The van der Waals surface area contributed by atoms with Crippen molar-refractivity contribution in [3.63, 3.8) is 0 Å². The third-order valence-corrected chi connectivity index (χ3v) is 3.31. The van der Waals surface area contributed by atoms with E-state index in [1.807, 2.05) is 18.5 Å². The summed E-state index contributed by atoms with van der Waals surface area (Å²) in [6, 6.07) is 6.65. The van der Waals surface area contributed by atoms with Crippen LogP contribution >= 0.6 is 0 Å². The maximum atomic E-state index is 4.63. The number of nitrogens with zero attached hydrogens (tertiary/aromatic N) is 3. The molecule has 0 bridgehead atoms. The minimum Gasteiger partial charge on any atom is -0.245 e. The SMILES string of the molecule is CC.Cc1ccc2c(c1)Cc1nc(C(C)C)nn1C2. The summed E-state index contributed by atoms with van der Waals surface area (Å²) in [5.41, 5.74) is 4.10. The van der Waals surface area contributed by atoms with Gasteiger partial charge in [0.05, 0.1) is 6.54 Å². The second-order valence-corrected chi connectivity index (χ2v) is 5.15. The standard InChI is InChI=1S/C14H17N3.C2H6/c1-9(2)14-15-13-7-12-6-10(3)4-5-11(12)8-17(13)16-14;1-2/h4-6,9H,7-8H2,1-3H3;1-2H3. The van der Waals surface area contributed by atoms with Crippen LogP contribution in [0, 0.1) is 6.92 Å². The smallest absolute Gasteiger partial charge is 0.153 e. The number of aromatic nitrogens is 3. The topological polar surface area (TPSA) is 30.7 Å². The summed E-state index contributed by atoms with van der Waals surface area (Å²) in [5, 5.41) is 4.58. The van der Waals surface area contributed by atoms with E-state index in [2.05, 4.69) is 49.1 Å². The van der Waals surface area contributed by atoms with Crippen LogP contribution in [0.25, 0.3) is 0 Å². The summed E-state index contributed by atoms with van der Waals surface area (Å²) in [6.07, 6.45) is 0.913. The highest BCUT2D eigenvalue weighted by Crippen LogP contribution is 2.23. The Morgan fingerprint density at radius 3 is 2.58 bits per heavy atom. The van der Waals surface area contributed by atoms with Gasteiger partial charge in [0.15, 0.2) is 5.82 Å². The fraction of sp³-hybridized carbons (Fsp3) is 0.500. The summed E-state index contributed by atoms with van der Waals surface area (Å²) in [7, 11) is 0. The molecule has 3 heteroatoms. The van der Waals surface area contributed by atoms with Gasteiger partial charge in [0.2, 0.25) is 0 Å². The van der Waals surface area contributed by atoms with Crippen molar-refractivity contribution < 1.29 is 0 Å². The van der Waals surface area contributed by atoms with Gasteiger partial charge in [0, 0.05) is 12.3 Å². The van der Waals surface area contributed by atoms with Gasteiger partial charge in [-0.2, -0.15) is 5.10 Å². The Bertz CT molecular complexity index is 567. The second kappa shape index (κ2) is 5.55. The molecule has 3 nitrogen and oxygen atoms in total. The largest absolute Gasteiger partial charge is 0.245 e. The predicted molar refractivity (Wildman–Crippen MR) is 78.5 cm³/mol. The summed E-state index contributed by atoms with van der Waals surface area (Å²) in [6.45, 7) is 11.3. The molecule has 19 heavy (non-hydrogen) atoms. The fourth-order valence-corrected chi connectivity index (χ4v) is 2.30. The average Bonchev–Trinajstić information content (AvgIpc) is 2.81. The van der Waals surface area contributed by atoms with E-state index in [-0.39, 0.29) is 0 Å². The van der Waals surface area contributed by atoms with E-state index < -0.39 is 0 Å². The van der Waals surface area contributed by atoms with Crippen LogP contribution in [0.1, 0.15) is 62.0 Å². The molecule has 1 aliphatic rings. The highest BCUT2D eigenvalue weighted by molar-refractivity contribution is 5.36. The van der Waals surface area contributed by atoms with E-state index in [0.29, 0.717) is 5.92 Å². The molecule has 0 saturated carbocycles. The molecule has 1 aromatic carbocycles. The molecule has 0 N–H and O–H groups in total. The van der Waals surface area contributed by atoms with Crippen molar-refractivity contribution in [3.05, 3.63) is 46.5 Å². The first-order valence-electron chi connectivity index (χ1n) is 7.15. The van der Waals surface area contributed by atoms with Gasteiger partial charge in [-0.05, 0) is 18.1 Å². The van der Waals surface area contributed by atoms with Gasteiger partial charge in [-0.3, -0.25) is 0 Å². The van der Waals surface area contributed by atoms with Crippen LogP contribution in [-0.4, -0.2) is 14.8 Å². The van der Waals surface area contributed by atoms with E-state index in [4.69, 9.17) is 0 Å². The molecule has 1 aromatic heterocycles. The number of hydrogen-bond acceptors (Lipinski definition) is 2. The molecular weight excluding hydrogens is 234 g/mol. The monoisotopic (exact) mass is 257 g/mol. The molecule has 0 aliphatic carbocycles. The maximum absolute atomic E-state index is 4.63. The lowest BCUT2D eigenvalue weighted by Crippen LogP contribution is -2.15. The zero-order valence-electron chi connectivity index (χ0n) is 12.6. The van der Waals surface area contributed by atoms with E-state index >= 15 is 0 Å². The third kappa shape index (κ3) is 2.70. The lowest BCUT2D eigenvalue weighted by Gasteiger charge is -2.17. The van der Waals surface area contributed by atoms with Crippen LogP contribution in [-0.2, 0) is 13.0 Å². The summed E-state index contributed by atoms with van der Waals surface area (Å²) < 4.78 is 2.05. The lowest BCUT2D eigenvalue weighted by molar-refractivity contribution is 0.609. The maximum Gasteiger partial charge on any atom is 0.153 e. The highest BCUT2D eigenvalue weighted by atomic mass is 15.4. The van der Waals surface area contributed by atoms with Crippen molar-refractivity contribution >= 4 is 0 Å². The number of aryl methyl sites for hydroxylation is 1. The van der Waals surface area contributed by atoms with Gasteiger partial charge in [0.1, 0.15) is 5.82 Å². The zero-order valence-corrected chi connectivity index (χ0v) is 12.6. The molecule has 0 fully saturated rings. The van der Waals surface area contributed by atoms with Crippen LogP contribution in [0.3, 0.4) is 0 Å². The third-order valence-electron chi connectivity index (χ3n) is 3.31. The molecule has 2 aromatic rings. The highest BCUT2D eigenvalue weighted by Gasteiger charge is 2.19. The van der Waals surface area contributed by atoms with Crippen molar-refractivity contribution in [1.29, 1.82) is 0 Å². The van der Waals surface area contributed by atoms with Crippen molar-refractivity contribution in [2.45, 2.75) is 53.5 Å². The summed E-state index contributed by atoms with van der Waals surface area (Å²) >= 11 is 0. The minimum atomic E-state index is 0.401. The van der Waals surface area contributed by atoms with Gasteiger partial charge >= 0.3 is 0 Å². The molecule has 2 heterocycles. The molecule has 3 rings (SSSR count). The molecule has 102 valence electrons. The van der Waals surface area contributed by atoms with Gasteiger partial charge in [-0.1, -0.05) is 51.5 Å². The minimum absolute atomic E-state index is 0.401. The van der Waals surface area contributed by atoms with E-state index in [9.17, 15) is 0 Å². The van der Waals surface area contributed by atoms with Gasteiger partial charge in [-0.15, -0.1) is 0 Å². The fourth-order valence-electron chi connectivity index (χ4n) is 2.30. The summed E-state index contributed by atoms with van der Waals surface area (Å²) in [4.78, 5) is 4.63. The van der Waals surface area contributed by atoms with Crippen LogP contribution in [0.2, 0.25) is 0 Å². The number of fused-ring (bicyclic) bond motifs is 2. The summed E-state index contributed by atoms with van der Waals surface area (Å²) in [5.74, 6) is 2.47. The van der Waals surface area contributed by atoms with Crippen molar-refractivity contribution in [1.82, 2.24) is 14.8 Å². The number of hydrogen-bond donors (Lipinski definition) is 0. The molecule has 0 saturated heterocycles. The first-order chi connectivity index (χ1) is 9.13. The van der Waals surface area contributed by atoms with Crippen molar-refractivity contribution in [3.8, 4) is 0 Å². The van der Waals surface area contributed by atoms with Crippen LogP contribution in [0.4, 0.5) is 0 Å². The van der Waals surface area contributed by atoms with Crippen LogP contribution in [0.15, 0.2) is 18.2 Å². The van der Waals surface area contributed by atoms with E-state index in [1.165, 1.54) is 16.7 Å². The first-order valence-corrected chi connectivity index (χ1v) is 7.15. The normalized spacial score (nSPS) is 12.5. The van der Waals surface area contributed by atoms with E-state index in [1.54, 1.807) is 0 Å². The quantitative estimate of drug-likeness (QED) is 0.665. The Labute approximate surface area is 115 Å². The first kappa shape index (κ1) is 13.8. The van der Waals surface area contributed by atoms with Crippen molar-refractivity contribution in [2.75, 3.05) is 0 Å². The van der Waals surface area contributed by atoms with Crippen molar-refractivity contribution in [2.24, 2.45) is 0 Å². The van der Waals surface area contributed by atoms with Crippen LogP contribution in [0.5, 0.6) is 0 Å². The Morgan fingerprint density at radius 2 is 1.89 bits per heavy atom. The van der Waals surface area contributed by atoms with Gasteiger partial charge < -0.3 is 0 Å². The molecule has 0 amide bonds. The molecule has 0 unspecified atom stereocenters. The Morgan fingerprint density at radius 1 is 1.16 bits per heavy atom. The molecular formula is C16H23N3. The van der Waals surface area contributed by atoms with Gasteiger partial charge in [0.25, 0.3) is 0 Å². The Kier molecular flexibility index (Phi) is 4.03. The molecule has 1 aliphatic heterocycles. The number of rotatable bonds is 1. The number of benzene rings is 1. The lowest BCUT2D eigenvalue weighted by atomic mass is 9.99. The van der Waals surface area contributed by atoms with E-state index in [0.717, 1.165) is 24.6 Å². The second-order valence-electron chi connectivity index (χ2n) is 5.15. The predicted octanol–water partition coefficient (Wildman–Crippen LogP) is 3.69. The molecule has 0 radical (unpaired) electrons. The molecule has 0 atom stereocenters. The zero-order chi connectivity index (χ0) is 14.0. The molecule has 0 spiro atoms. The van der Waals surface area contributed by atoms with Crippen LogP contribution < -0.4 is 0 Å². The Hall–Kier alpha value is -1.64. The Balaban J connectivity index is 0.000000637. The average molecular weight is 257 g/mol. The van der Waals surface area contributed by atoms with Gasteiger partial charge in [-0.25, -0.2) is 9.67 Å².